The molecule has 0 spiro atoms. The van der Waals surface area contributed by atoms with Crippen LogP contribution in [0.15, 0.2) is 45.5 Å². The molecule has 1 aromatic carbocycles. The van der Waals surface area contributed by atoms with Crippen LogP contribution in [-0.4, -0.2) is 15.1 Å². The Labute approximate surface area is 127 Å². The Morgan fingerprint density at radius 3 is 2.85 bits per heavy atom. The molecule has 3 rings (SSSR count). The second kappa shape index (κ2) is 5.22. The van der Waals surface area contributed by atoms with Crippen LogP contribution in [0, 0.1) is 0 Å². The molecule has 0 saturated heterocycles. The van der Waals surface area contributed by atoms with Crippen LogP contribution >= 0.6 is 27.5 Å². The molecule has 0 fully saturated rings. The van der Waals surface area contributed by atoms with Crippen LogP contribution in [0.4, 0.5) is 5.69 Å². The van der Waals surface area contributed by atoms with Gasteiger partial charge < -0.3 is 10.3 Å². The third kappa shape index (κ3) is 2.39. The van der Waals surface area contributed by atoms with Crippen LogP contribution in [0.1, 0.15) is 0 Å². The van der Waals surface area contributed by atoms with Gasteiger partial charge in [0.25, 0.3) is 5.89 Å². The van der Waals surface area contributed by atoms with Crippen LogP contribution < -0.4 is 5.73 Å². The number of rotatable bonds is 2. The number of aromatic nitrogens is 3. The SMILES string of the molecule is Nc1cc(-c2nc(-c3ncccc3Cl)no2)ccc1Br. The molecule has 0 aliphatic rings. The number of nitrogens with two attached hydrogens (primary N) is 1. The molecule has 0 unspecified atom stereocenters. The Balaban J connectivity index is 2.02. The van der Waals surface area contributed by atoms with Crippen LogP contribution in [0.5, 0.6) is 0 Å². The fourth-order valence-corrected chi connectivity index (χ4v) is 2.12. The molecule has 100 valence electrons. The summed E-state index contributed by atoms with van der Waals surface area (Å²) in [5, 5.41) is 4.36. The molecular formula is C13H8BrClN4O. The highest BCUT2D eigenvalue weighted by Gasteiger charge is 2.14. The first-order chi connectivity index (χ1) is 9.65. The summed E-state index contributed by atoms with van der Waals surface area (Å²) < 4.78 is 6.04. The van der Waals surface area contributed by atoms with E-state index in [1.165, 1.54) is 0 Å². The Hall–Kier alpha value is -1.92. The Morgan fingerprint density at radius 2 is 2.10 bits per heavy atom. The van der Waals surface area contributed by atoms with Crippen molar-refractivity contribution in [3.8, 4) is 23.0 Å². The van der Waals surface area contributed by atoms with Gasteiger partial charge in [0.1, 0.15) is 5.69 Å². The van der Waals surface area contributed by atoms with E-state index in [-0.39, 0.29) is 0 Å². The van der Waals surface area contributed by atoms with E-state index in [4.69, 9.17) is 21.9 Å². The average Bonchev–Trinajstić information content (AvgIpc) is 2.92. The number of hydrogen-bond donors (Lipinski definition) is 1. The van der Waals surface area contributed by atoms with E-state index >= 15 is 0 Å². The summed E-state index contributed by atoms with van der Waals surface area (Å²) in [4.78, 5) is 8.42. The van der Waals surface area contributed by atoms with Gasteiger partial charge in [0, 0.05) is 21.9 Å². The molecule has 3 aromatic rings. The number of benzene rings is 1. The van der Waals surface area contributed by atoms with E-state index in [1.54, 1.807) is 24.4 Å². The van der Waals surface area contributed by atoms with E-state index in [9.17, 15) is 0 Å². The Morgan fingerprint density at radius 1 is 1.25 bits per heavy atom. The minimum Gasteiger partial charge on any atom is -0.398 e. The quantitative estimate of drug-likeness (QED) is 0.711. The number of hydrogen-bond acceptors (Lipinski definition) is 5. The normalized spacial score (nSPS) is 10.7. The van der Waals surface area contributed by atoms with Crippen molar-refractivity contribution in [2.75, 3.05) is 5.73 Å². The van der Waals surface area contributed by atoms with Gasteiger partial charge in [-0.25, -0.2) is 0 Å². The molecule has 2 N–H and O–H groups in total. The predicted molar refractivity (Wildman–Crippen MR) is 80.1 cm³/mol. The zero-order valence-corrected chi connectivity index (χ0v) is 12.4. The van der Waals surface area contributed by atoms with Crippen molar-refractivity contribution >= 4 is 33.2 Å². The van der Waals surface area contributed by atoms with Crippen LogP contribution in [0.3, 0.4) is 0 Å². The van der Waals surface area contributed by atoms with Gasteiger partial charge in [-0.2, -0.15) is 4.98 Å². The van der Waals surface area contributed by atoms with Gasteiger partial charge in [-0.1, -0.05) is 16.8 Å². The predicted octanol–water partition coefficient (Wildman–Crippen LogP) is 3.80. The molecule has 0 radical (unpaired) electrons. The van der Waals surface area contributed by atoms with E-state index in [1.807, 2.05) is 12.1 Å². The number of nitrogen functional groups attached to an aromatic ring is 1. The number of nitrogens with zero attached hydrogens (tertiary/aromatic N) is 3. The summed E-state index contributed by atoms with van der Waals surface area (Å²) in [6.45, 7) is 0. The highest BCUT2D eigenvalue weighted by Crippen LogP contribution is 2.28. The lowest BCUT2D eigenvalue weighted by Gasteiger charge is -1.99. The van der Waals surface area contributed by atoms with Gasteiger partial charge in [-0.05, 0) is 46.3 Å². The molecule has 0 aliphatic carbocycles. The molecular weight excluding hydrogens is 344 g/mol. The maximum absolute atomic E-state index is 6.05. The Kier molecular flexibility index (Phi) is 3.42. The second-order valence-electron chi connectivity index (χ2n) is 3.99. The zero-order chi connectivity index (χ0) is 14.1. The van der Waals surface area contributed by atoms with Gasteiger partial charge in [0.15, 0.2) is 0 Å². The molecule has 0 saturated carbocycles. The first kappa shape index (κ1) is 13.1. The first-order valence-electron chi connectivity index (χ1n) is 5.65. The number of anilines is 1. The lowest BCUT2D eigenvalue weighted by molar-refractivity contribution is 0.432. The molecule has 0 amide bonds. The fourth-order valence-electron chi connectivity index (χ4n) is 1.66. The lowest BCUT2D eigenvalue weighted by Crippen LogP contribution is -1.88. The summed E-state index contributed by atoms with van der Waals surface area (Å²) in [6.07, 6.45) is 1.62. The maximum atomic E-state index is 6.05. The highest BCUT2D eigenvalue weighted by atomic mass is 79.9. The van der Waals surface area contributed by atoms with Gasteiger partial charge in [0.2, 0.25) is 5.82 Å². The number of halogens is 2. The molecule has 2 aromatic heterocycles. The summed E-state index contributed by atoms with van der Waals surface area (Å²) >= 11 is 9.38. The minimum absolute atomic E-state index is 0.340. The molecule has 0 bridgehead atoms. The van der Waals surface area contributed by atoms with E-state index in [2.05, 4.69) is 31.1 Å². The standard InChI is InChI=1S/C13H8BrClN4O/c14-8-4-3-7(6-10(8)16)13-18-12(19-20-13)11-9(15)2-1-5-17-11/h1-6H,16H2. The largest absolute Gasteiger partial charge is 0.398 e. The van der Waals surface area contributed by atoms with Crippen molar-refractivity contribution < 1.29 is 4.52 Å². The molecule has 0 aliphatic heterocycles. The molecule has 20 heavy (non-hydrogen) atoms. The topological polar surface area (TPSA) is 77.8 Å². The molecule has 0 atom stereocenters. The number of pyridine rings is 1. The third-order valence-electron chi connectivity index (χ3n) is 2.64. The molecule has 5 nitrogen and oxygen atoms in total. The monoisotopic (exact) mass is 350 g/mol. The van der Waals surface area contributed by atoms with Crippen molar-refractivity contribution in [1.82, 2.24) is 15.1 Å². The van der Waals surface area contributed by atoms with Gasteiger partial charge >= 0.3 is 0 Å². The lowest BCUT2D eigenvalue weighted by atomic mass is 10.2. The average molecular weight is 352 g/mol. The zero-order valence-electron chi connectivity index (χ0n) is 10.0. The van der Waals surface area contributed by atoms with Gasteiger partial charge in [-0.15, -0.1) is 0 Å². The van der Waals surface area contributed by atoms with Crippen molar-refractivity contribution in [2.24, 2.45) is 0 Å². The van der Waals surface area contributed by atoms with Crippen molar-refractivity contribution in [2.45, 2.75) is 0 Å². The fraction of sp³-hybridized carbons (Fsp3) is 0. The maximum Gasteiger partial charge on any atom is 0.258 e. The summed E-state index contributed by atoms with van der Waals surface area (Å²) in [7, 11) is 0. The summed E-state index contributed by atoms with van der Waals surface area (Å²) in [5.74, 6) is 0.702. The minimum atomic E-state index is 0.340. The van der Waals surface area contributed by atoms with E-state index in [0.29, 0.717) is 28.1 Å². The first-order valence-corrected chi connectivity index (χ1v) is 6.82. The summed E-state index contributed by atoms with van der Waals surface area (Å²) in [5.41, 5.74) is 7.64. The summed E-state index contributed by atoms with van der Waals surface area (Å²) in [6, 6.07) is 8.86. The van der Waals surface area contributed by atoms with Crippen LogP contribution in [0.25, 0.3) is 23.0 Å². The van der Waals surface area contributed by atoms with E-state index in [0.717, 1.165) is 10.0 Å². The molecule has 7 heteroatoms. The smallest absolute Gasteiger partial charge is 0.258 e. The molecule has 2 heterocycles. The van der Waals surface area contributed by atoms with Crippen molar-refractivity contribution in [3.05, 3.63) is 46.0 Å². The van der Waals surface area contributed by atoms with Crippen molar-refractivity contribution in [3.63, 3.8) is 0 Å². The van der Waals surface area contributed by atoms with Crippen molar-refractivity contribution in [1.29, 1.82) is 0 Å². The highest BCUT2D eigenvalue weighted by molar-refractivity contribution is 9.10. The third-order valence-corrected chi connectivity index (χ3v) is 3.67. The Bertz CT molecular complexity index is 775. The second-order valence-corrected chi connectivity index (χ2v) is 5.25. The van der Waals surface area contributed by atoms with Gasteiger partial charge in [0.05, 0.1) is 5.02 Å². The van der Waals surface area contributed by atoms with Gasteiger partial charge in [-0.3, -0.25) is 4.98 Å². The van der Waals surface area contributed by atoms with E-state index < -0.39 is 0 Å². The van der Waals surface area contributed by atoms with Crippen LogP contribution in [-0.2, 0) is 0 Å². The van der Waals surface area contributed by atoms with Crippen LogP contribution in [0.2, 0.25) is 5.02 Å².